The van der Waals surface area contributed by atoms with Crippen LogP contribution in [0.25, 0.3) is 0 Å². The van der Waals surface area contributed by atoms with Crippen molar-refractivity contribution in [3.63, 3.8) is 0 Å². The molecule has 170 valence electrons. The molecule has 4 rings (SSSR count). The van der Waals surface area contributed by atoms with E-state index in [4.69, 9.17) is 18.9 Å². The van der Waals surface area contributed by atoms with Crippen molar-refractivity contribution >= 4 is 45.3 Å². The highest BCUT2D eigenvalue weighted by atomic mass is 79.9. The third-order valence-corrected chi connectivity index (χ3v) is 5.87. The Labute approximate surface area is 202 Å². The molecule has 2 aromatic carbocycles. The highest BCUT2D eigenvalue weighted by molar-refractivity contribution is 9.10. The molecule has 1 N–H and O–H groups in total. The average Bonchev–Trinajstić information content (AvgIpc) is 3.28. The predicted octanol–water partition coefficient (Wildman–Crippen LogP) is 4.54. The fourth-order valence-corrected chi connectivity index (χ4v) is 4.06. The topological polar surface area (TPSA) is 96.0 Å². The first kappa shape index (κ1) is 22.9. The lowest BCUT2D eigenvalue weighted by Crippen LogP contribution is -2.16. The number of anilines is 1. The van der Waals surface area contributed by atoms with Crippen LogP contribution in [-0.4, -0.2) is 42.6 Å². The number of ether oxygens (including phenoxy) is 4. The molecule has 0 bridgehead atoms. The van der Waals surface area contributed by atoms with Crippen molar-refractivity contribution in [1.29, 1.82) is 0 Å². The summed E-state index contributed by atoms with van der Waals surface area (Å²) in [5.41, 5.74) is 0.886. The van der Waals surface area contributed by atoms with Gasteiger partial charge in [0.05, 0.1) is 11.3 Å². The molecule has 1 aliphatic rings. The van der Waals surface area contributed by atoms with E-state index in [0.29, 0.717) is 33.5 Å². The number of hydrogen-bond donors (Lipinski definition) is 1. The number of thioether (sulfide) groups is 1. The molecule has 0 saturated carbocycles. The van der Waals surface area contributed by atoms with Crippen LogP contribution in [0.4, 0.5) is 5.69 Å². The van der Waals surface area contributed by atoms with Crippen LogP contribution in [0.1, 0.15) is 10.4 Å². The standard InChI is InChI=1S/C23H19BrN2O6S/c24-15-3-1-4-17(11-15)29-9-10-30-23(28)18-5-2-8-25-22(18)33-13-21(27)26-16-6-7-19-20(12-16)32-14-31-19/h1-8,11-12H,9-10,13-14H2,(H,26,27). The van der Waals surface area contributed by atoms with Gasteiger partial charge < -0.3 is 24.3 Å². The smallest absolute Gasteiger partial charge is 0.341 e. The van der Waals surface area contributed by atoms with Crippen LogP contribution in [0, 0.1) is 0 Å². The van der Waals surface area contributed by atoms with Crippen LogP contribution < -0.4 is 19.5 Å². The van der Waals surface area contributed by atoms with Crippen molar-refractivity contribution in [2.45, 2.75) is 5.03 Å². The summed E-state index contributed by atoms with van der Waals surface area (Å²) in [5.74, 6) is 1.19. The number of rotatable bonds is 9. The largest absolute Gasteiger partial charge is 0.490 e. The van der Waals surface area contributed by atoms with Crippen molar-refractivity contribution < 1.29 is 28.5 Å². The fraction of sp³-hybridized carbons (Fsp3) is 0.174. The number of nitrogens with one attached hydrogen (secondary N) is 1. The Kier molecular flexibility index (Phi) is 7.69. The van der Waals surface area contributed by atoms with Gasteiger partial charge >= 0.3 is 5.97 Å². The van der Waals surface area contributed by atoms with Crippen molar-refractivity contribution in [3.05, 3.63) is 70.8 Å². The molecule has 0 fully saturated rings. The van der Waals surface area contributed by atoms with Gasteiger partial charge in [0.1, 0.15) is 24.0 Å². The number of esters is 1. The minimum Gasteiger partial charge on any atom is -0.490 e. The number of aromatic nitrogens is 1. The zero-order chi connectivity index (χ0) is 23.0. The van der Waals surface area contributed by atoms with Gasteiger partial charge in [0, 0.05) is 22.4 Å². The highest BCUT2D eigenvalue weighted by Gasteiger charge is 2.17. The number of carbonyl (C=O) groups excluding carboxylic acids is 2. The number of fused-ring (bicyclic) bond motifs is 1. The van der Waals surface area contributed by atoms with Crippen LogP contribution in [0.15, 0.2) is 70.3 Å². The van der Waals surface area contributed by atoms with E-state index in [2.05, 4.69) is 26.2 Å². The van der Waals surface area contributed by atoms with Crippen LogP contribution in [-0.2, 0) is 9.53 Å². The highest BCUT2D eigenvalue weighted by Crippen LogP contribution is 2.34. The van der Waals surface area contributed by atoms with Crippen LogP contribution in [0.2, 0.25) is 0 Å². The summed E-state index contributed by atoms with van der Waals surface area (Å²) in [7, 11) is 0. The lowest BCUT2D eigenvalue weighted by molar-refractivity contribution is -0.113. The Morgan fingerprint density at radius 3 is 2.82 bits per heavy atom. The molecule has 2 heterocycles. The molecule has 33 heavy (non-hydrogen) atoms. The minimum absolute atomic E-state index is 0.0672. The first-order chi connectivity index (χ1) is 16.1. The number of benzene rings is 2. The van der Waals surface area contributed by atoms with Crippen LogP contribution >= 0.6 is 27.7 Å². The number of amides is 1. The van der Waals surface area contributed by atoms with Gasteiger partial charge in [-0.2, -0.15) is 0 Å². The van der Waals surface area contributed by atoms with Crippen LogP contribution in [0.5, 0.6) is 17.2 Å². The van der Waals surface area contributed by atoms with Crippen molar-refractivity contribution in [1.82, 2.24) is 4.98 Å². The molecule has 0 radical (unpaired) electrons. The average molecular weight is 531 g/mol. The number of hydrogen-bond acceptors (Lipinski definition) is 8. The number of pyridine rings is 1. The molecule has 0 aliphatic carbocycles. The van der Waals surface area contributed by atoms with Gasteiger partial charge in [-0.3, -0.25) is 4.79 Å². The molecule has 0 unspecified atom stereocenters. The van der Waals surface area contributed by atoms with Crippen molar-refractivity contribution in [2.75, 3.05) is 31.1 Å². The van der Waals surface area contributed by atoms with E-state index >= 15 is 0 Å². The Balaban J connectivity index is 1.26. The second-order valence-corrected chi connectivity index (χ2v) is 8.58. The molecule has 1 aliphatic heterocycles. The summed E-state index contributed by atoms with van der Waals surface area (Å²) < 4.78 is 22.4. The quantitative estimate of drug-likeness (QED) is 0.244. The Morgan fingerprint density at radius 2 is 1.94 bits per heavy atom. The van der Waals surface area contributed by atoms with Crippen molar-refractivity contribution in [2.24, 2.45) is 0 Å². The molecule has 1 amide bonds. The first-order valence-electron chi connectivity index (χ1n) is 9.91. The first-order valence-corrected chi connectivity index (χ1v) is 11.7. The molecule has 0 spiro atoms. The maximum Gasteiger partial charge on any atom is 0.341 e. The summed E-state index contributed by atoms with van der Waals surface area (Å²) in [6.07, 6.45) is 1.56. The van der Waals surface area contributed by atoms with Gasteiger partial charge in [0.2, 0.25) is 12.7 Å². The monoisotopic (exact) mass is 530 g/mol. The van der Waals surface area contributed by atoms with E-state index < -0.39 is 5.97 Å². The molecular formula is C23H19BrN2O6S. The van der Waals surface area contributed by atoms with E-state index in [-0.39, 0.29) is 31.7 Å². The lowest BCUT2D eigenvalue weighted by atomic mass is 10.3. The van der Waals surface area contributed by atoms with Gasteiger partial charge in [-0.1, -0.05) is 33.8 Å². The zero-order valence-electron chi connectivity index (χ0n) is 17.3. The van der Waals surface area contributed by atoms with E-state index in [1.165, 1.54) is 0 Å². The Bertz CT molecular complexity index is 1160. The Hall–Kier alpha value is -3.24. The molecule has 0 atom stereocenters. The van der Waals surface area contributed by atoms with Gasteiger partial charge in [-0.15, -0.1) is 0 Å². The summed E-state index contributed by atoms with van der Waals surface area (Å²) >= 11 is 4.52. The number of nitrogens with zero attached hydrogens (tertiary/aromatic N) is 1. The SMILES string of the molecule is O=C(CSc1ncccc1C(=O)OCCOc1cccc(Br)c1)Nc1ccc2c(c1)OCO2. The fourth-order valence-electron chi connectivity index (χ4n) is 2.89. The maximum absolute atomic E-state index is 12.5. The normalized spacial score (nSPS) is 11.7. The molecule has 8 nitrogen and oxygen atoms in total. The molecule has 0 saturated heterocycles. The van der Waals surface area contributed by atoms with E-state index in [1.54, 1.807) is 36.5 Å². The van der Waals surface area contributed by atoms with Gasteiger partial charge in [0.15, 0.2) is 11.5 Å². The third kappa shape index (κ3) is 6.39. The summed E-state index contributed by atoms with van der Waals surface area (Å²) in [5, 5.41) is 3.21. The number of halogens is 1. The molecule has 1 aromatic heterocycles. The van der Waals surface area contributed by atoms with Crippen LogP contribution in [0.3, 0.4) is 0 Å². The second-order valence-electron chi connectivity index (χ2n) is 6.70. The summed E-state index contributed by atoms with van der Waals surface area (Å²) in [6, 6.07) is 15.8. The van der Waals surface area contributed by atoms with Gasteiger partial charge in [-0.05, 0) is 42.5 Å². The third-order valence-electron chi connectivity index (χ3n) is 4.37. The maximum atomic E-state index is 12.5. The van der Waals surface area contributed by atoms with E-state index in [9.17, 15) is 9.59 Å². The van der Waals surface area contributed by atoms with E-state index in [0.717, 1.165) is 16.2 Å². The predicted molar refractivity (Wildman–Crippen MR) is 126 cm³/mol. The lowest BCUT2D eigenvalue weighted by Gasteiger charge is -2.10. The minimum atomic E-state index is -0.528. The summed E-state index contributed by atoms with van der Waals surface area (Å²) in [6.45, 7) is 0.453. The summed E-state index contributed by atoms with van der Waals surface area (Å²) in [4.78, 5) is 29.1. The zero-order valence-corrected chi connectivity index (χ0v) is 19.7. The van der Waals surface area contributed by atoms with E-state index in [1.807, 2.05) is 24.3 Å². The van der Waals surface area contributed by atoms with Crippen molar-refractivity contribution in [3.8, 4) is 17.2 Å². The molecular weight excluding hydrogens is 512 g/mol. The molecule has 3 aromatic rings. The van der Waals surface area contributed by atoms with Gasteiger partial charge in [0.25, 0.3) is 0 Å². The number of carbonyl (C=O) groups is 2. The molecule has 10 heteroatoms. The second kappa shape index (κ2) is 11.1. The van der Waals surface area contributed by atoms with Gasteiger partial charge in [-0.25, -0.2) is 9.78 Å². The Morgan fingerprint density at radius 1 is 1.06 bits per heavy atom.